The van der Waals surface area contributed by atoms with Crippen LogP contribution >= 0.6 is 0 Å². The number of anilines is 1. The summed E-state index contributed by atoms with van der Waals surface area (Å²) in [5, 5.41) is 18.7. The molecule has 0 radical (unpaired) electrons. The topological polar surface area (TPSA) is 193 Å². The van der Waals surface area contributed by atoms with Crippen LogP contribution in [0, 0.1) is 10.1 Å². The highest BCUT2D eigenvalue weighted by molar-refractivity contribution is 7.92. The van der Waals surface area contributed by atoms with Crippen LogP contribution in [-0.4, -0.2) is 46.5 Å². The number of ether oxygens (including phenoxy) is 1. The average molecular weight is 457 g/mol. The molecule has 14 heteroatoms. The molecule has 0 saturated carbocycles. The predicted octanol–water partition coefficient (Wildman–Crippen LogP) is 0.441. The van der Waals surface area contributed by atoms with Gasteiger partial charge >= 0.3 is 5.97 Å². The van der Waals surface area contributed by atoms with Gasteiger partial charge < -0.3 is 10.1 Å². The first kappa shape index (κ1) is 22.9. The molecule has 3 N–H and O–H groups in total. The highest BCUT2D eigenvalue weighted by atomic mass is 32.2. The minimum absolute atomic E-state index is 0.164. The van der Waals surface area contributed by atoms with Crippen molar-refractivity contribution in [1.29, 1.82) is 0 Å². The smallest absolute Gasteiger partial charge is 0.321 e. The van der Waals surface area contributed by atoms with E-state index in [-0.39, 0.29) is 16.1 Å². The number of sulfonamides is 1. The van der Waals surface area contributed by atoms with Crippen molar-refractivity contribution in [2.45, 2.75) is 9.79 Å². The summed E-state index contributed by atoms with van der Waals surface area (Å²) in [6, 6.07) is 7.42. The Hall–Kier alpha value is -3.36. The van der Waals surface area contributed by atoms with E-state index in [0.717, 1.165) is 37.4 Å². The van der Waals surface area contributed by atoms with E-state index in [4.69, 9.17) is 5.14 Å². The number of nitro benzene ring substituents is 1. The van der Waals surface area contributed by atoms with E-state index >= 15 is 0 Å². The second kappa shape index (κ2) is 8.56. The Morgan fingerprint density at radius 3 is 2.20 bits per heavy atom. The maximum Gasteiger partial charge on any atom is 0.321 e. The second-order valence-electron chi connectivity index (χ2n) is 5.80. The first-order chi connectivity index (χ1) is 13.8. The van der Waals surface area contributed by atoms with Crippen LogP contribution in [0.1, 0.15) is 10.4 Å². The van der Waals surface area contributed by atoms with Crippen molar-refractivity contribution < 1.29 is 36.1 Å². The Morgan fingerprint density at radius 1 is 1.10 bits per heavy atom. The fourth-order valence-electron chi connectivity index (χ4n) is 2.29. The van der Waals surface area contributed by atoms with Crippen molar-refractivity contribution in [1.82, 2.24) is 0 Å². The summed E-state index contributed by atoms with van der Waals surface area (Å²) in [7, 11) is -7.34. The molecule has 0 aliphatic carbocycles. The van der Waals surface area contributed by atoms with Gasteiger partial charge in [-0.05, 0) is 36.4 Å². The maximum atomic E-state index is 12.4. The molecule has 0 atom stereocenters. The SMILES string of the molecule is COC(=O)CS(=O)(=O)c1ccc(C(=O)Nc2ccc(S(N)(=O)=O)cc2)cc1[N+](=O)[O-]. The third-order valence-corrected chi connectivity index (χ3v) is 6.29. The molecular formula is C16H15N3O9S2. The number of rotatable bonds is 7. The maximum absolute atomic E-state index is 12.4. The van der Waals surface area contributed by atoms with Gasteiger partial charge in [-0.1, -0.05) is 0 Å². The fourth-order valence-corrected chi connectivity index (χ4v) is 4.11. The molecule has 1 amide bonds. The number of nitrogens with one attached hydrogen (secondary N) is 1. The van der Waals surface area contributed by atoms with Crippen LogP contribution in [0.25, 0.3) is 0 Å². The summed E-state index contributed by atoms with van der Waals surface area (Å²) < 4.78 is 51.2. The normalized spacial score (nSPS) is 11.5. The molecule has 0 unspecified atom stereocenters. The lowest BCUT2D eigenvalue weighted by atomic mass is 10.2. The molecular weight excluding hydrogens is 442 g/mol. The molecule has 0 saturated heterocycles. The van der Waals surface area contributed by atoms with Crippen LogP contribution in [0.2, 0.25) is 0 Å². The molecule has 30 heavy (non-hydrogen) atoms. The van der Waals surface area contributed by atoms with Crippen LogP contribution in [-0.2, 0) is 29.4 Å². The van der Waals surface area contributed by atoms with E-state index in [0.29, 0.717) is 0 Å². The zero-order valence-corrected chi connectivity index (χ0v) is 16.9. The van der Waals surface area contributed by atoms with Gasteiger partial charge in [-0.2, -0.15) is 0 Å². The van der Waals surface area contributed by atoms with Crippen molar-refractivity contribution in [2.75, 3.05) is 18.2 Å². The molecule has 160 valence electrons. The van der Waals surface area contributed by atoms with E-state index in [1.54, 1.807) is 0 Å². The Kier molecular flexibility index (Phi) is 6.54. The minimum atomic E-state index is -4.38. The third kappa shape index (κ3) is 5.37. The first-order valence-electron chi connectivity index (χ1n) is 7.87. The van der Waals surface area contributed by atoms with Gasteiger partial charge in [-0.3, -0.25) is 19.7 Å². The zero-order valence-electron chi connectivity index (χ0n) is 15.3. The number of sulfone groups is 1. The van der Waals surface area contributed by atoms with E-state index in [9.17, 15) is 36.5 Å². The number of primary sulfonamides is 1. The quantitative estimate of drug-likeness (QED) is 0.337. The lowest BCUT2D eigenvalue weighted by Gasteiger charge is -2.08. The first-order valence-corrected chi connectivity index (χ1v) is 11.1. The predicted molar refractivity (Wildman–Crippen MR) is 103 cm³/mol. The molecule has 2 aromatic carbocycles. The van der Waals surface area contributed by atoms with Crippen LogP contribution in [0.5, 0.6) is 0 Å². The molecule has 0 aliphatic heterocycles. The van der Waals surface area contributed by atoms with Crippen LogP contribution in [0.3, 0.4) is 0 Å². The Morgan fingerprint density at radius 2 is 1.70 bits per heavy atom. The van der Waals surface area contributed by atoms with E-state index in [2.05, 4.69) is 10.1 Å². The molecule has 2 rings (SSSR count). The molecule has 0 bridgehead atoms. The van der Waals surface area contributed by atoms with Crippen molar-refractivity contribution in [3.63, 3.8) is 0 Å². The third-order valence-electron chi connectivity index (χ3n) is 3.73. The summed E-state index contributed by atoms with van der Waals surface area (Å²) in [6.07, 6.45) is 0. The molecule has 0 fully saturated rings. The number of nitrogens with two attached hydrogens (primary N) is 1. The number of nitrogens with zero attached hydrogens (tertiary/aromatic N) is 1. The molecule has 0 spiro atoms. The van der Waals surface area contributed by atoms with Gasteiger partial charge in [0.15, 0.2) is 15.6 Å². The van der Waals surface area contributed by atoms with Gasteiger partial charge in [-0.25, -0.2) is 22.0 Å². The second-order valence-corrected chi connectivity index (χ2v) is 9.32. The number of esters is 1. The zero-order chi connectivity index (χ0) is 22.7. The standard InChI is InChI=1S/C16H15N3O9S2/c1-28-15(20)9-29(24,25)14-7-2-10(8-13(14)19(22)23)16(21)18-11-3-5-12(6-4-11)30(17,26)27/h2-8H,9H2,1H3,(H,18,21)(H2,17,26,27). The largest absolute Gasteiger partial charge is 0.468 e. The number of hydrogen-bond acceptors (Lipinski definition) is 9. The number of hydrogen-bond donors (Lipinski definition) is 2. The Labute approximate surface area is 170 Å². The van der Waals surface area contributed by atoms with E-state index < -0.39 is 53.0 Å². The van der Waals surface area contributed by atoms with Crippen LogP contribution in [0.15, 0.2) is 52.3 Å². The summed E-state index contributed by atoms with van der Waals surface area (Å²) in [4.78, 5) is 33.0. The molecule has 0 aliphatic rings. The molecule has 0 heterocycles. The average Bonchev–Trinajstić information content (AvgIpc) is 2.66. The van der Waals surface area contributed by atoms with Crippen molar-refractivity contribution in [3.8, 4) is 0 Å². The summed E-state index contributed by atoms with van der Waals surface area (Å²) in [5.41, 5.74) is -0.970. The monoisotopic (exact) mass is 457 g/mol. The van der Waals surface area contributed by atoms with Gasteiger partial charge in [0.1, 0.15) is 4.90 Å². The van der Waals surface area contributed by atoms with Crippen LogP contribution < -0.4 is 10.5 Å². The lowest BCUT2D eigenvalue weighted by Crippen LogP contribution is -2.19. The fraction of sp³-hybridized carbons (Fsp3) is 0.125. The number of benzene rings is 2. The summed E-state index contributed by atoms with van der Waals surface area (Å²) in [6.45, 7) is 0. The highest BCUT2D eigenvalue weighted by Crippen LogP contribution is 2.27. The Bertz CT molecular complexity index is 1220. The Balaban J connectivity index is 2.34. The van der Waals surface area contributed by atoms with E-state index in [1.807, 2.05) is 0 Å². The van der Waals surface area contributed by atoms with Crippen molar-refractivity contribution in [2.24, 2.45) is 5.14 Å². The van der Waals surface area contributed by atoms with E-state index in [1.165, 1.54) is 12.1 Å². The lowest BCUT2D eigenvalue weighted by molar-refractivity contribution is -0.387. The minimum Gasteiger partial charge on any atom is -0.468 e. The summed E-state index contributed by atoms with van der Waals surface area (Å²) in [5.74, 6) is -3.03. The number of carbonyl (C=O) groups excluding carboxylic acids is 2. The van der Waals surface area contributed by atoms with Gasteiger partial charge in [0.25, 0.3) is 11.6 Å². The number of amides is 1. The highest BCUT2D eigenvalue weighted by Gasteiger charge is 2.29. The number of carbonyl (C=O) groups is 2. The molecule has 2 aromatic rings. The van der Waals surface area contributed by atoms with Crippen LogP contribution in [0.4, 0.5) is 11.4 Å². The van der Waals surface area contributed by atoms with Gasteiger partial charge in [0.2, 0.25) is 10.0 Å². The van der Waals surface area contributed by atoms with Gasteiger partial charge in [-0.15, -0.1) is 0 Å². The van der Waals surface area contributed by atoms with Crippen molar-refractivity contribution >= 4 is 43.1 Å². The number of methoxy groups -OCH3 is 1. The molecule has 12 nitrogen and oxygen atoms in total. The number of nitro groups is 1. The van der Waals surface area contributed by atoms with Crippen molar-refractivity contribution in [3.05, 3.63) is 58.1 Å². The molecule has 0 aromatic heterocycles. The van der Waals surface area contributed by atoms with Gasteiger partial charge in [0.05, 0.1) is 16.9 Å². The van der Waals surface area contributed by atoms with Gasteiger partial charge in [0, 0.05) is 17.3 Å². The summed E-state index contributed by atoms with van der Waals surface area (Å²) >= 11 is 0.